The quantitative estimate of drug-likeness (QED) is 0.714. The molecule has 0 spiro atoms. The number of hydrogen-bond donors (Lipinski definition) is 1. The highest BCUT2D eigenvalue weighted by Gasteiger charge is 2.42. The summed E-state index contributed by atoms with van der Waals surface area (Å²) >= 11 is 0. The maximum atomic E-state index is 3.70. The number of nitrogens with one attached hydrogen (secondary N) is 1. The largest absolute Gasteiger partial charge is 0.312 e. The van der Waals surface area contributed by atoms with E-state index in [0.717, 1.165) is 18.0 Å². The minimum Gasteiger partial charge on any atom is -0.312 e. The lowest BCUT2D eigenvalue weighted by Crippen LogP contribution is -2.54. The first kappa shape index (κ1) is 11.4. The molecule has 3 atom stereocenters. The summed E-state index contributed by atoms with van der Waals surface area (Å²) in [6.45, 7) is 11.9. The van der Waals surface area contributed by atoms with Crippen LogP contribution < -0.4 is 5.32 Å². The first-order valence-corrected chi connectivity index (χ1v) is 6.52. The molecule has 2 fully saturated rings. The molecule has 2 rings (SSSR count). The number of nitrogens with zero attached hydrogens (tertiary/aromatic N) is 1. The zero-order chi connectivity index (χ0) is 11.1. The van der Waals surface area contributed by atoms with Crippen LogP contribution in [0.25, 0.3) is 0 Å². The lowest BCUT2D eigenvalue weighted by molar-refractivity contribution is 0.0858. The van der Waals surface area contributed by atoms with Crippen molar-refractivity contribution >= 4 is 0 Å². The molecular formula is C13H26N2. The summed E-state index contributed by atoms with van der Waals surface area (Å²) in [7, 11) is 0. The van der Waals surface area contributed by atoms with Crippen LogP contribution in [0.1, 0.15) is 47.0 Å². The molecule has 2 saturated heterocycles. The van der Waals surface area contributed by atoms with Gasteiger partial charge in [0.05, 0.1) is 0 Å². The Morgan fingerprint density at radius 2 is 2.07 bits per heavy atom. The molecule has 0 aliphatic carbocycles. The lowest BCUT2D eigenvalue weighted by atomic mass is 9.87. The van der Waals surface area contributed by atoms with E-state index in [1.54, 1.807) is 0 Å². The minimum atomic E-state index is 0.347. The third-order valence-electron chi connectivity index (χ3n) is 4.24. The number of likely N-dealkylation sites (tertiary alicyclic amines) is 1. The molecule has 0 aromatic heterocycles. The van der Waals surface area contributed by atoms with Gasteiger partial charge in [-0.2, -0.15) is 0 Å². The number of piperidine rings is 1. The summed E-state index contributed by atoms with van der Waals surface area (Å²) in [6, 6.07) is 1.58. The van der Waals surface area contributed by atoms with E-state index in [0.29, 0.717) is 5.54 Å². The first-order chi connectivity index (χ1) is 7.02. The van der Waals surface area contributed by atoms with Crippen LogP contribution >= 0.6 is 0 Å². The van der Waals surface area contributed by atoms with E-state index in [2.05, 4.69) is 37.9 Å². The molecule has 3 unspecified atom stereocenters. The second-order valence-electron chi connectivity index (χ2n) is 6.23. The van der Waals surface area contributed by atoms with Crippen molar-refractivity contribution in [3.05, 3.63) is 0 Å². The third kappa shape index (κ3) is 2.21. The van der Waals surface area contributed by atoms with Crippen LogP contribution in [0.2, 0.25) is 0 Å². The summed E-state index contributed by atoms with van der Waals surface area (Å²) in [4.78, 5) is 2.70. The Balaban J connectivity index is 2.01. The van der Waals surface area contributed by atoms with Crippen LogP contribution in [0, 0.1) is 5.92 Å². The summed E-state index contributed by atoms with van der Waals surface area (Å²) in [5, 5.41) is 3.70. The molecule has 0 saturated carbocycles. The second kappa shape index (κ2) is 4.06. The van der Waals surface area contributed by atoms with Gasteiger partial charge in [0.15, 0.2) is 0 Å². The molecule has 0 aromatic rings. The second-order valence-corrected chi connectivity index (χ2v) is 6.23. The summed E-state index contributed by atoms with van der Waals surface area (Å²) in [6.07, 6.45) is 4.10. The Morgan fingerprint density at radius 3 is 2.67 bits per heavy atom. The van der Waals surface area contributed by atoms with E-state index < -0.39 is 0 Å². The maximum Gasteiger partial charge on any atom is 0.0255 e. The monoisotopic (exact) mass is 210 g/mol. The predicted molar refractivity (Wildman–Crippen MR) is 65.1 cm³/mol. The van der Waals surface area contributed by atoms with Gasteiger partial charge in [0.25, 0.3) is 0 Å². The van der Waals surface area contributed by atoms with E-state index >= 15 is 0 Å². The van der Waals surface area contributed by atoms with Gasteiger partial charge in [-0.15, -0.1) is 0 Å². The van der Waals surface area contributed by atoms with Crippen LogP contribution in [-0.2, 0) is 0 Å². The molecule has 2 aliphatic heterocycles. The number of fused-ring (bicyclic) bond motifs is 1. The van der Waals surface area contributed by atoms with Gasteiger partial charge in [-0.05, 0) is 52.5 Å². The fraction of sp³-hybridized carbons (Fsp3) is 1.00. The standard InChI is InChI=1S/C13H26N2/c1-5-11-8-10-6-7-15(13(2,3)4)12(10)9-14-11/h10-12,14H,5-9H2,1-4H3. The third-order valence-corrected chi connectivity index (χ3v) is 4.24. The van der Waals surface area contributed by atoms with E-state index in [1.807, 2.05) is 0 Å². The smallest absolute Gasteiger partial charge is 0.0255 e. The average molecular weight is 210 g/mol. The predicted octanol–water partition coefficient (Wildman–Crippen LogP) is 2.25. The molecular weight excluding hydrogens is 184 g/mol. The summed E-state index contributed by atoms with van der Waals surface area (Å²) < 4.78 is 0. The van der Waals surface area contributed by atoms with E-state index in [4.69, 9.17) is 0 Å². The minimum absolute atomic E-state index is 0.347. The Morgan fingerprint density at radius 1 is 1.33 bits per heavy atom. The van der Waals surface area contributed by atoms with E-state index in [1.165, 1.54) is 32.4 Å². The van der Waals surface area contributed by atoms with Gasteiger partial charge in [-0.1, -0.05) is 6.92 Å². The van der Waals surface area contributed by atoms with Crippen LogP contribution in [0.3, 0.4) is 0 Å². The fourth-order valence-electron chi connectivity index (χ4n) is 3.35. The number of hydrogen-bond acceptors (Lipinski definition) is 2. The zero-order valence-electron chi connectivity index (χ0n) is 10.7. The normalized spacial score (nSPS) is 38.0. The molecule has 2 heteroatoms. The molecule has 0 amide bonds. The molecule has 15 heavy (non-hydrogen) atoms. The van der Waals surface area contributed by atoms with Crippen LogP contribution in [0.5, 0.6) is 0 Å². The Hall–Kier alpha value is -0.0800. The van der Waals surface area contributed by atoms with Crippen molar-refractivity contribution in [1.82, 2.24) is 10.2 Å². The first-order valence-electron chi connectivity index (χ1n) is 6.52. The molecule has 2 heterocycles. The molecule has 1 N–H and O–H groups in total. The van der Waals surface area contributed by atoms with Gasteiger partial charge in [0.1, 0.15) is 0 Å². The van der Waals surface area contributed by atoms with Crippen molar-refractivity contribution in [3.8, 4) is 0 Å². The molecule has 0 radical (unpaired) electrons. The van der Waals surface area contributed by atoms with Gasteiger partial charge >= 0.3 is 0 Å². The van der Waals surface area contributed by atoms with Gasteiger partial charge in [0, 0.05) is 24.2 Å². The topological polar surface area (TPSA) is 15.3 Å². The highest BCUT2D eigenvalue weighted by atomic mass is 15.3. The van der Waals surface area contributed by atoms with Crippen molar-refractivity contribution in [2.45, 2.75) is 64.6 Å². The van der Waals surface area contributed by atoms with Crippen molar-refractivity contribution in [2.75, 3.05) is 13.1 Å². The highest BCUT2D eigenvalue weighted by molar-refractivity contribution is 4.98. The highest BCUT2D eigenvalue weighted by Crippen LogP contribution is 2.35. The van der Waals surface area contributed by atoms with Gasteiger partial charge in [-0.3, -0.25) is 4.90 Å². The van der Waals surface area contributed by atoms with Crippen LogP contribution in [0.4, 0.5) is 0 Å². The van der Waals surface area contributed by atoms with Crippen molar-refractivity contribution in [1.29, 1.82) is 0 Å². The molecule has 2 nitrogen and oxygen atoms in total. The van der Waals surface area contributed by atoms with Crippen molar-refractivity contribution in [3.63, 3.8) is 0 Å². The van der Waals surface area contributed by atoms with Crippen molar-refractivity contribution < 1.29 is 0 Å². The van der Waals surface area contributed by atoms with Gasteiger partial charge < -0.3 is 5.32 Å². The van der Waals surface area contributed by atoms with E-state index in [9.17, 15) is 0 Å². The fourth-order valence-corrected chi connectivity index (χ4v) is 3.35. The van der Waals surface area contributed by atoms with Crippen molar-refractivity contribution in [2.24, 2.45) is 5.92 Å². The maximum absolute atomic E-state index is 3.70. The molecule has 2 aliphatic rings. The van der Waals surface area contributed by atoms with Gasteiger partial charge in [-0.25, -0.2) is 0 Å². The average Bonchev–Trinajstić information content (AvgIpc) is 2.59. The lowest BCUT2D eigenvalue weighted by Gasteiger charge is -2.42. The Labute approximate surface area is 94.4 Å². The molecule has 88 valence electrons. The molecule has 0 bridgehead atoms. The Bertz CT molecular complexity index is 219. The zero-order valence-corrected chi connectivity index (χ0v) is 10.7. The summed E-state index contributed by atoms with van der Waals surface area (Å²) in [5.74, 6) is 0.954. The Kier molecular flexibility index (Phi) is 3.09. The van der Waals surface area contributed by atoms with Crippen LogP contribution in [0.15, 0.2) is 0 Å². The summed E-state index contributed by atoms with van der Waals surface area (Å²) in [5.41, 5.74) is 0.347. The SMILES string of the molecule is CCC1CC2CCN(C(C)(C)C)C2CN1. The van der Waals surface area contributed by atoms with Crippen LogP contribution in [-0.4, -0.2) is 35.6 Å². The molecule has 0 aromatic carbocycles. The number of rotatable bonds is 1. The van der Waals surface area contributed by atoms with Gasteiger partial charge in [0.2, 0.25) is 0 Å². The van der Waals surface area contributed by atoms with E-state index in [-0.39, 0.29) is 0 Å².